The molecular weight excluding hydrogens is 268 g/mol. The summed E-state index contributed by atoms with van der Waals surface area (Å²) in [5.41, 5.74) is 1.36. The first kappa shape index (κ1) is 15.6. The number of carbonyl (C=O) groups is 1. The summed E-state index contributed by atoms with van der Waals surface area (Å²) >= 11 is 0. The Morgan fingerprint density at radius 1 is 1.29 bits per heavy atom. The van der Waals surface area contributed by atoms with Gasteiger partial charge in [0.1, 0.15) is 5.75 Å². The van der Waals surface area contributed by atoms with Crippen molar-refractivity contribution in [3.05, 3.63) is 18.2 Å². The number of hydrogen-bond donors (Lipinski definition) is 1. The molecule has 1 N–H and O–H groups in total. The Morgan fingerprint density at radius 3 is 2.52 bits per heavy atom. The molecule has 0 aliphatic carbocycles. The molecule has 1 amide bonds. The smallest absolute Gasteiger partial charge is 0.229 e. The molecule has 0 bridgehead atoms. The van der Waals surface area contributed by atoms with Gasteiger partial charge < -0.3 is 19.7 Å². The monoisotopic (exact) mass is 292 g/mol. The Hall–Kier alpha value is -1.75. The molecular formula is C16H24N2O3. The number of carbonyl (C=O) groups excluding carboxylic acids is 1. The third-order valence-electron chi connectivity index (χ3n) is 3.48. The van der Waals surface area contributed by atoms with Crippen molar-refractivity contribution in [2.45, 2.75) is 20.8 Å². The second-order valence-corrected chi connectivity index (χ2v) is 6.19. The standard InChI is InChI=1S/C16H24N2O3/c1-16(2,3)15(19)17-13-11-12(20-4)5-6-14(13)18-7-9-21-10-8-18/h5-6,11H,7-10H2,1-4H3,(H,17,19). The minimum atomic E-state index is -0.439. The van der Waals surface area contributed by atoms with E-state index < -0.39 is 5.41 Å². The number of nitrogens with one attached hydrogen (secondary N) is 1. The number of ether oxygens (including phenoxy) is 2. The van der Waals surface area contributed by atoms with Gasteiger partial charge in [-0.3, -0.25) is 4.79 Å². The van der Waals surface area contributed by atoms with Crippen LogP contribution >= 0.6 is 0 Å². The maximum absolute atomic E-state index is 12.3. The predicted octanol–water partition coefficient (Wildman–Crippen LogP) is 2.52. The first-order valence-corrected chi connectivity index (χ1v) is 7.24. The van der Waals surface area contributed by atoms with Crippen LogP contribution in [0.1, 0.15) is 20.8 Å². The van der Waals surface area contributed by atoms with E-state index in [1.165, 1.54) is 0 Å². The number of amides is 1. The van der Waals surface area contributed by atoms with Gasteiger partial charge in [0.05, 0.1) is 31.7 Å². The molecule has 116 valence electrons. The Balaban J connectivity index is 2.29. The van der Waals surface area contributed by atoms with Crippen molar-refractivity contribution in [3.8, 4) is 5.75 Å². The van der Waals surface area contributed by atoms with Gasteiger partial charge in [0, 0.05) is 24.6 Å². The summed E-state index contributed by atoms with van der Waals surface area (Å²) < 4.78 is 10.7. The third-order valence-corrected chi connectivity index (χ3v) is 3.48. The largest absolute Gasteiger partial charge is 0.497 e. The quantitative estimate of drug-likeness (QED) is 0.930. The highest BCUT2D eigenvalue weighted by molar-refractivity contribution is 5.97. The van der Waals surface area contributed by atoms with Gasteiger partial charge in [0.25, 0.3) is 0 Å². The minimum absolute atomic E-state index is 0.00902. The van der Waals surface area contributed by atoms with Crippen LogP contribution in [-0.4, -0.2) is 39.3 Å². The number of methoxy groups -OCH3 is 1. The number of morpholine rings is 1. The van der Waals surface area contributed by atoms with Gasteiger partial charge in [0.15, 0.2) is 0 Å². The predicted molar refractivity (Wildman–Crippen MR) is 84.1 cm³/mol. The summed E-state index contributed by atoms with van der Waals surface area (Å²) in [5.74, 6) is 0.724. The Kier molecular flexibility index (Phi) is 4.73. The van der Waals surface area contributed by atoms with E-state index in [0.29, 0.717) is 13.2 Å². The van der Waals surface area contributed by atoms with E-state index in [9.17, 15) is 4.79 Å². The highest BCUT2D eigenvalue weighted by Crippen LogP contribution is 2.32. The summed E-state index contributed by atoms with van der Waals surface area (Å²) in [4.78, 5) is 14.5. The lowest BCUT2D eigenvalue weighted by molar-refractivity contribution is -0.123. The fourth-order valence-electron chi connectivity index (χ4n) is 2.13. The van der Waals surface area contributed by atoms with Crippen molar-refractivity contribution in [1.29, 1.82) is 0 Å². The number of hydrogen-bond acceptors (Lipinski definition) is 4. The Labute approximate surface area is 126 Å². The van der Waals surface area contributed by atoms with Gasteiger partial charge in [-0.15, -0.1) is 0 Å². The number of rotatable bonds is 3. The zero-order chi connectivity index (χ0) is 15.5. The van der Waals surface area contributed by atoms with Gasteiger partial charge >= 0.3 is 0 Å². The topological polar surface area (TPSA) is 50.8 Å². The van der Waals surface area contributed by atoms with Crippen molar-refractivity contribution >= 4 is 17.3 Å². The van der Waals surface area contributed by atoms with Crippen molar-refractivity contribution in [3.63, 3.8) is 0 Å². The lowest BCUT2D eigenvalue weighted by Crippen LogP contribution is -2.37. The van der Waals surface area contributed by atoms with Crippen LogP contribution in [0.2, 0.25) is 0 Å². The van der Waals surface area contributed by atoms with Crippen LogP contribution in [0.3, 0.4) is 0 Å². The van der Waals surface area contributed by atoms with Crippen LogP contribution in [0.5, 0.6) is 5.75 Å². The van der Waals surface area contributed by atoms with Crippen LogP contribution < -0.4 is 15.0 Å². The van der Waals surface area contributed by atoms with Crippen molar-refractivity contribution in [1.82, 2.24) is 0 Å². The average Bonchev–Trinajstić information content (AvgIpc) is 2.47. The highest BCUT2D eigenvalue weighted by atomic mass is 16.5. The minimum Gasteiger partial charge on any atom is -0.497 e. The van der Waals surface area contributed by atoms with Gasteiger partial charge in [-0.2, -0.15) is 0 Å². The normalized spacial score (nSPS) is 15.7. The first-order valence-electron chi connectivity index (χ1n) is 7.24. The average molecular weight is 292 g/mol. The molecule has 1 heterocycles. The van der Waals surface area contributed by atoms with Gasteiger partial charge in [0.2, 0.25) is 5.91 Å². The molecule has 1 aromatic rings. The number of benzene rings is 1. The zero-order valence-corrected chi connectivity index (χ0v) is 13.2. The molecule has 5 heteroatoms. The molecule has 0 radical (unpaired) electrons. The molecule has 1 saturated heterocycles. The molecule has 0 atom stereocenters. The van der Waals surface area contributed by atoms with E-state index in [4.69, 9.17) is 9.47 Å². The summed E-state index contributed by atoms with van der Waals surface area (Å²) in [5, 5.41) is 3.02. The van der Waals surface area contributed by atoms with Crippen LogP contribution in [0.15, 0.2) is 18.2 Å². The molecule has 1 aliphatic heterocycles. The summed E-state index contributed by atoms with van der Waals surface area (Å²) in [6.07, 6.45) is 0. The molecule has 2 rings (SSSR count). The van der Waals surface area contributed by atoms with Crippen molar-refractivity contribution < 1.29 is 14.3 Å². The molecule has 0 aromatic heterocycles. The van der Waals surface area contributed by atoms with Crippen LogP contribution in [0.25, 0.3) is 0 Å². The van der Waals surface area contributed by atoms with Crippen molar-refractivity contribution in [2.24, 2.45) is 5.41 Å². The first-order chi connectivity index (χ1) is 9.91. The second-order valence-electron chi connectivity index (χ2n) is 6.19. The van der Waals surface area contributed by atoms with Gasteiger partial charge in [-0.25, -0.2) is 0 Å². The molecule has 5 nitrogen and oxygen atoms in total. The highest BCUT2D eigenvalue weighted by Gasteiger charge is 2.23. The van der Waals surface area contributed by atoms with E-state index in [0.717, 1.165) is 30.2 Å². The maximum atomic E-state index is 12.3. The van der Waals surface area contributed by atoms with E-state index in [2.05, 4.69) is 10.2 Å². The summed E-state index contributed by atoms with van der Waals surface area (Å²) in [6.45, 7) is 8.76. The Morgan fingerprint density at radius 2 is 1.95 bits per heavy atom. The van der Waals surface area contributed by atoms with Gasteiger partial charge in [-0.05, 0) is 12.1 Å². The van der Waals surface area contributed by atoms with Gasteiger partial charge in [-0.1, -0.05) is 20.8 Å². The maximum Gasteiger partial charge on any atom is 0.229 e. The molecule has 1 aromatic carbocycles. The second kappa shape index (κ2) is 6.35. The Bertz CT molecular complexity index is 503. The number of nitrogens with zero attached hydrogens (tertiary/aromatic N) is 1. The van der Waals surface area contributed by atoms with E-state index in [1.54, 1.807) is 7.11 Å². The SMILES string of the molecule is COc1ccc(N2CCOCC2)c(NC(=O)C(C)(C)C)c1. The number of anilines is 2. The van der Waals surface area contributed by atoms with Crippen molar-refractivity contribution in [2.75, 3.05) is 43.6 Å². The third kappa shape index (κ3) is 3.88. The lowest BCUT2D eigenvalue weighted by atomic mass is 9.95. The summed E-state index contributed by atoms with van der Waals surface area (Å²) in [6, 6.07) is 5.77. The molecule has 0 saturated carbocycles. The van der Waals surface area contributed by atoms with E-state index in [1.807, 2.05) is 39.0 Å². The zero-order valence-electron chi connectivity index (χ0n) is 13.2. The van der Waals surface area contributed by atoms with Crippen LogP contribution in [0, 0.1) is 5.41 Å². The summed E-state index contributed by atoms with van der Waals surface area (Å²) in [7, 11) is 1.62. The van der Waals surface area contributed by atoms with Crippen LogP contribution in [-0.2, 0) is 9.53 Å². The molecule has 0 unspecified atom stereocenters. The fraction of sp³-hybridized carbons (Fsp3) is 0.562. The molecule has 1 aliphatic rings. The molecule has 1 fully saturated rings. The lowest BCUT2D eigenvalue weighted by Gasteiger charge is -2.31. The van der Waals surface area contributed by atoms with E-state index in [-0.39, 0.29) is 5.91 Å². The van der Waals surface area contributed by atoms with E-state index >= 15 is 0 Å². The van der Waals surface area contributed by atoms with Crippen LogP contribution in [0.4, 0.5) is 11.4 Å². The molecule has 0 spiro atoms. The fourth-order valence-corrected chi connectivity index (χ4v) is 2.13. The molecule has 21 heavy (non-hydrogen) atoms.